The van der Waals surface area contributed by atoms with Gasteiger partial charge in [-0.15, -0.1) is 11.3 Å². The predicted molar refractivity (Wildman–Crippen MR) is 290 cm³/mol. The lowest BCUT2D eigenvalue weighted by molar-refractivity contribution is 1.47. The molecule has 312 valence electrons. The summed E-state index contributed by atoms with van der Waals surface area (Å²) in [5, 5.41) is 12.8. The molecule has 13 aromatic rings. The Morgan fingerprint density at radius 3 is 1.39 bits per heavy atom. The van der Waals surface area contributed by atoms with E-state index in [1.807, 2.05) is 11.3 Å². The first-order chi connectivity index (χ1) is 33.0. The third kappa shape index (κ3) is 5.91. The van der Waals surface area contributed by atoms with Crippen molar-refractivity contribution in [2.45, 2.75) is 13.8 Å². The van der Waals surface area contributed by atoms with Crippen LogP contribution < -0.4 is 0 Å². The maximum Gasteiger partial charge on any atom is 0.0434 e. The number of aryl methyl sites for hydroxylation is 2. The number of rotatable bonds is 5. The van der Waals surface area contributed by atoms with Crippen LogP contribution in [0.15, 0.2) is 218 Å². The molecule has 0 atom stereocenters. The normalized spacial score (nSPS) is 12.0. The van der Waals surface area contributed by atoms with Crippen molar-refractivity contribution in [3.05, 3.63) is 230 Å². The van der Waals surface area contributed by atoms with Crippen molar-refractivity contribution in [3.8, 4) is 77.9 Å². The predicted octanol–water partition coefficient (Wildman–Crippen LogP) is 19.3. The fraction of sp³-hybridized carbons (Fsp3) is 0.0303. The van der Waals surface area contributed by atoms with E-state index in [2.05, 4.69) is 232 Å². The quantitative estimate of drug-likeness (QED) is 0.162. The van der Waals surface area contributed by atoms with Gasteiger partial charge in [-0.1, -0.05) is 193 Å². The highest BCUT2D eigenvalue weighted by Crippen LogP contribution is 2.59. The molecule has 0 bridgehead atoms. The molecule has 1 aliphatic rings. The van der Waals surface area contributed by atoms with E-state index in [-0.39, 0.29) is 0 Å². The Balaban J connectivity index is 1.07. The fourth-order valence-electron chi connectivity index (χ4n) is 11.2. The van der Waals surface area contributed by atoms with E-state index in [9.17, 15) is 0 Å². The van der Waals surface area contributed by atoms with Crippen LogP contribution in [-0.4, -0.2) is 0 Å². The minimum absolute atomic E-state index is 1.23. The van der Waals surface area contributed by atoms with Gasteiger partial charge in [0, 0.05) is 25.7 Å². The Morgan fingerprint density at radius 2 is 0.761 bits per heavy atom. The van der Waals surface area contributed by atoms with E-state index >= 15 is 0 Å². The maximum absolute atomic E-state index is 2.46. The molecule has 1 heteroatoms. The van der Waals surface area contributed by atoms with Gasteiger partial charge in [0.25, 0.3) is 0 Å². The van der Waals surface area contributed by atoms with Crippen LogP contribution in [-0.2, 0) is 0 Å². The Bertz CT molecular complexity index is 4070. The SMILES string of the molecule is Cc1ccc(-c2ccc3sc4c(-c5ccc6c7c(cccc57)-c5c-6c(-c6ccc7ccccc7c6)c6ccccc6c5-c5ccc6ccccc6c5)cc(-c5ccc(C)cc5)cc4c3c2)cc1. The summed E-state index contributed by atoms with van der Waals surface area (Å²) in [5.41, 5.74) is 20.3. The first kappa shape index (κ1) is 38.2. The van der Waals surface area contributed by atoms with E-state index in [0.29, 0.717) is 0 Å². The minimum Gasteiger partial charge on any atom is -0.135 e. The average Bonchev–Trinajstić information content (AvgIpc) is 3.91. The number of fused-ring (bicyclic) bond motifs is 9. The summed E-state index contributed by atoms with van der Waals surface area (Å²) in [7, 11) is 0. The van der Waals surface area contributed by atoms with E-state index in [1.165, 1.54) is 152 Å². The van der Waals surface area contributed by atoms with Crippen LogP contribution in [0.3, 0.4) is 0 Å². The summed E-state index contributed by atoms with van der Waals surface area (Å²) in [4.78, 5) is 0. The van der Waals surface area contributed by atoms with Crippen molar-refractivity contribution >= 4 is 74.6 Å². The van der Waals surface area contributed by atoms with Crippen molar-refractivity contribution in [2.24, 2.45) is 0 Å². The van der Waals surface area contributed by atoms with Crippen LogP contribution in [0, 0.1) is 13.8 Å². The van der Waals surface area contributed by atoms with Gasteiger partial charge < -0.3 is 0 Å². The second kappa shape index (κ2) is 14.7. The molecule has 12 aromatic carbocycles. The molecule has 0 radical (unpaired) electrons. The second-order valence-electron chi connectivity index (χ2n) is 18.5. The lowest BCUT2D eigenvalue weighted by Gasteiger charge is -2.21. The van der Waals surface area contributed by atoms with Crippen LogP contribution >= 0.6 is 11.3 Å². The largest absolute Gasteiger partial charge is 0.135 e. The van der Waals surface area contributed by atoms with E-state index in [0.717, 1.165) is 0 Å². The van der Waals surface area contributed by atoms with Crippen LogP contribution in [0.25, 0.3) is 141 Å². The monoisotopic (exact) mass is 866 g/mol. The molecule has 0 fully saturated rings. The van der Waals surface area contributed by atoms with Gasteiger partial charge in [0.1, 0.15) is 0 Å². The summed E-state index contributed by atoms with van der Waals surface area (Å²) >= 11 is 1.92. The third-order valence-electron chi connectivity index (χ3n) is 14.5. The van der Waals surface area contributed by atoms with Crippen LogP contribution in [0.2, 0.25) is 0 Å². The molecule has 67 heavy (non-hydrogen) atoms. The van der Waals surface area contributed by atoms with Crippen LogP contribution in [0.1, 0.15) is 11.1 Å². The molecule has 0 spiro atoms. The standard InChI is InChI=1S/C66H42S/c1-39-18-22-43(23-19-39)47-30-33-60-57(36-47)59-38-50(44-24-20-40(2)21-25-44)37-58(66(59)67-60)51-31-32-56-63-52(51)16-9-17-55(63)64-61(48-28-26-41-10-3-5-12-45(41)34-48)53-14-7-8-15-54(53)62(65(56)64)49-29-27-42-11-4-6-13-46(42)35-49/h3-38H,1-2H3. The highest BCUT2D eigenvalue weighted by molar-refractivity contribution is 7.26. The lowest BCUT2D eigenvalue weighted by Crippen LogP contribution is -1.94. The van der Waals surface area contributed by atoms with Gasteiger partial charge >= 0.3 is 0 Å². The lowest BCUT2D eigenvalue weighted by atomic mass is 9.82. The number of hydrogen-bond acceptors (Lipinski definition) is 1. The van der Waals surface area contributed by atoms with Crippen molar-refractivity contribution in [3.63, 3.8) is 0 Å². The molecule has 0 saturated carbocycles. The van der Waals surface area contributed by atoms with E-state index in [4.69, 9.17) is 0 Å². The highest BCUT2D eigenvalue weighted by atomic mass is 32.1. The van der Waals surface area contributed by atoms with Gasteiger partial charge in [-0.3, -0.25) is 0 Å². The van der Waals surface area contributed by atoms with Crippen molar-refractivity contribution in [1.29, 1.82) is 0 Å². The summed E-state index contributed by atoms with van der Waals surface area (Å²) in [5.74, 6) is 0. The maximum atomic E-state index is 2.46. The smallest absolute Gasteiger partial charge is 0.0434 e. The van der Waals surface area contributed by atoms with Crippen molar-refractivity contribution < 1.29 is 0 Å². The summed E-state index contributed by atoms with van der Waals surface area (Å²) < 4.78 is 2.63. The third-order valence-corrected chi connectivity index (χ3v) is 15.7. The molecule has 0 unspecified atom stereocenters. The van der Waals surface area contributed by atoms with E-state index < -0.39 is 0 Å². The van der Waals surface area contributed by atoms with E-state index in [1.54, 1.807) is 0 Å². The molecule has 14 rings (SSSR count). The number of thiophene rings is 1. The van der Waals surface area contributed by atoms with Crippen LogP contribution in [0.4, 0.5) is 0 Å². The van der Waals surface area contributed by atoms with Crippen LogP contribution in [0.5, 0.6) is 0 Å². The van der Waals surface area contributed by atoms with Gasteiger partial charge in [-0.25, -0.2) is 0 Å². The van der Waals surface area contributed by atoms with Gasteiger partial charge in [-0.2, -0.15) is 0 Å². The van der Waals surface area contributed by atoms with Gasteiger partial charge in [0.15, 0.2) is 0 Å². The first-order valence-electron chi connectivity index (χ1n) is 23.3. The topological polar surface area (TPSA) is 0 Å². The first-order valence-corrected chi connectivity index (χ1v) is 24.1. The van der Waals surface area contributed by atoms with Crippen molar-refractivity contribution in [2.75, 3.05) is 0 Å². The summed E-state index contributed by atoms with van der Waals surface area (Å²) in [6.45, 7) is 4.32. The second-order valence-corrected chi connectivity index (χ2v) is 19.6. The molecular weight excluding hydrogens is 825 g/mol. The molecule has 1 aromatic heterocycles. The minimum atomic E-state index is 1.23. The highest BCUT2D eigenvalue weighted by Gasteiger charge is 2.32. The zero-order valence-corrected chi connectivity index (χ0v) is 38.0. The Hall–Kier alpha value is -8.10. The van der Waals surface area contributed by atoms with Crippen molar-refractivity contribution in [1.82, 2.24) is 0 Å². The molecular formula is C66H42S. The Morgan fingerprint density at radius 1 is 0.269 bits per heavy atom. The molecule has 0 saturated heterocycles. The molecule has 0 aliphatic heterocycles. The fourth-order valence-corrected chi connectivity index (χ4v) is 12.4. The average molecular weight is 867 g/mol. The molecule has 0 N–H and O–H groups in total. The number of hydrogen-bond donors (Lipinski definition) is 0. The molecule has 1 heterocycles. The zero-order chi connectivity index (χ0) is 44.3. The Labute approximate surface area is 393 Å². The summed E-state index contributed by atoms with van der Waals surface area (Å²) in [6.07, 6.45) is 0. The number of benzene rings is 12. The van der Waals surface area contributed by atoms with Gasteiger partial charge in [0.2, 0.25) is 0 Å². The zero-order valence-electron chi connectivity index (χ0n) is 37.2. The molecule has 0 nitrogen and oxygen atoms in total. The van der Waals surface area contributed by atoms with Gasteiger partial charge in [0.05, 0.1) is 0 Å². The molecule has 0 amide bonds. The summed E-state index contributed by atoms with van der Waals surface area (Å²) in [6, 6.07) is 82.5. The Kier molecular flexibility index (Phi) is 8.38. The van der Waals surface area contributed by atoms with Gasteiger partial charge in [-0.05, 0) is 166 Å². The molecule has 1 aliphatic carbocycles.